The molecule has 33 heavy (non-hydrogen) atoms. The molecule has 0 aliphatic carbocycles. The summed E-state index contributed by atoms with van der Waals surface area (Å²) >= 11 is 5.14. The van der Waals surface area contributed by atoms with E-state index in [1.54, 1.807) is 31.5 Å². The largest absolute Gasteiger partial charge is 0.414 e. The number of ether oxygens (including phenoxy) is 2. The topological polar surface area (TPSA) is 54.9 Å². The summed E-state index contributed by atoms with van der Waals surface area (Å²) in [6.07, 6.45) is 4.64. The predicted molar refractivity (Wildman–Crippen MR) is 142 cm³/mol. The monoisotopic (exact) mass is 531 g/mol. The number of rotatable bonds is 9. The maximum atomic E-state index is 11.8. The molecule has 3 rings (SSSR count). The first kappa shape index (κ1) is 25.2. The van der Waals surface area contributed by atoms with Crippen LogP contribution < -0.4 is 9.64 Å². The lowest BCUT2D eigenvalue weighted by molar-refractivity contribution is 0.141. The van der Waals surface area contributed by atoms with E-state index in [1.165, 1.54) is 16.2 Å². The molecule has 2 aromatic carbocycles. The fraction of sp³-hybridized carbons (Fsp3) is 0.360. The summed E-state index contributed by atoms with van der Waals surface area (Å²) in [4.78, 5) is 20.2. The van der Waals surface area contributed by atoms with Crippen molar-refractivity contribution in [3.8, 4) is 5.75 Å². The van der Waals surface area contributed by atoms with Crippen molar-refractivity contribution in [3.63, 3.8) is 0 Å². The zero-order valence-electron chi connectivity index (χ0n) is 19.7. The maximum absolute atomic E-state index is 11.8. The predicted octanol–water partition coefficient (Wildman–Crippen LogP) is 6.46. The smallest absolute Gasteiger partial charge is 0.409 e. The second kappa shape index (κ2) is 11.6. The van der Waals surface area contributed by atoms with Gasteiger partial charge in [0.25, 0.3) is 0 Å². The van der Waals surface area contributed by atoms with Crippen LogP contribution in [0.4, 0.5) is 10.5 Å². The number of halogens is 1. The molecule has 0 atom stereocenters. The molecule has 3 aromatic rings. The van der Waals surface area contributed by atoms with Gasteiger partial charge in [0.15, 0.2) is 0 Å². The van der Waals surface area contributed by atoms with E-state index in [9.17, 15) is 4.79 Å². The van der Waals surface area contributed by atoms with Gasteiger partial charge in [0, 0.05) is 40.0 Å². The Balaban J connectivity index is 1.73. The Labute approximate surface area is 207 Å². The van der Waals surface area contributed by atoms with Crippen LogP contribution in [0.2, 0.25) is 0 Å². The molecule has 1 amide bonds. The fourth-order valence-electron chi connectivity index (χ4n) is 3.19. The molecule has 6 nitrogen and oxygen atoms in total. The van der Waals surface area contributed by atoms with Crippen LogP contribution in [0.15, 0.2) is 34.8 Å². The zero-order chi connectivity index (χ0) is 24.0. The third-order valence-electron chi connectivity index (χ3n) is 4.99. The summed E-state index contributed by atoms with van der Waals surface area (Å²) in [6, 6.07) is 9.96. The summed E-state index contributed by atoms with van der Waals surface area (Å²) in [7, 11) is 5.40. The SMILES string of the molecule is CCCOCCN(C)c1cc2sc(/C=C/c3ccc(OC(=O)N(C)C)c(Br)c3)nc2cc1C. The molecule has 0 fully saturated rings. The van der Waals surface area contributed by atoms with E-state index in [1.807, 2.05) is 24.3 Å². The summed E-state index contributed by atoms with van der Waals surface area (Å²) in [5.41, 5.74) is 4.39. The Bertz CT molecular complexity index is 1140. The second-order valence-corrected chi connectivity index (χ2v) is 9.89. The highest BCUT2D eigenvalue weighted by atomic mass is 79.9. The minimum atomic E-state index is -0.415. The molecule has 0 saturated carbocycles. The number of hydrogen-bond donors (Lipinski definition) is 0. The highest BCUT2D eigenvalue weighted by molar-refractivity contribution is 9.10. The molecule has 1 aromatic heterocycles. The normalized spacial score (nSPS) is 11.3. The Morgan fingerprint density at radius 2 is 1.94 bits per heavy atom. The number of fused-ring (bicyclic) bond motifs is 1. The van der Waals surface area contributed by atoms with Crippen molar-refractivity contribution in [3.05, 3.63) is 50.9 Å². The quantitative estimate of drug-likeness (QED) is 0.296. The van der Waals surface area contributed by atoms with Gasteiger partial charge < -0.3 is 19.3 Å². The van der Waals surface area contributed by atoms with Crippen LogP contribution in [0, 0.1) is 6.92 Å². The molecule has 0 spiro atoms. The highest BCUT2D eigenvalue weighted by Gasteiger charge is 2.11. The van der Waals surface area contributed by atoms with Gasteiger partial charge in [0.1, 0.15) is 10.8 Å². The van der Waals surface area contributed by atoms with E-state index in [2.05, 4.69) is 53.9 Å². The van der Waals surface area contributed by atoms with Crippen LogP contribution >= 0.6 is 27.3 Å². The maximum Gasteiger partial charge on any atom is 0.414 e. The lowest BCUT2D eigenvalue weighted by Gasteiger charge is -2.21. The molecule has 0 aliphatic rings. The Morgan fingerprint density at radius 3 is 2.64 bits per heavy atom. The number of hydrogen-bond acceptors (Lipinski definition) is 6. The molecule has 0 radical (unpaired) electrons. The van der Waals surface area contributed by atoms with E-state index in [4.69, 9.17) is 14.5 Å². The van der Waals surface area contributed by atoms with E-state index >= 15 is 0 Å². The van der Waals surface area contributed by atoms with Crippen LogP contribution in [0.1, 0.15) is 29.5 Å². The van der Waals surface area contributed by atoms with Crippen molar-refractivity contribution >= 4 is 61.4 Å². The summed E-state index contributed by atoms with van der Waals surface area (Å²) in [5.74, 6) is 0.484. The number of likely N-dealkylation sites (N-methyl/N-ethyl adjacent to an activating group) is 1. The van der Waals surface area contributed by atoms with Crippen LogP contribution in [0.25, 0.3) is 22.4 Å². The first-order valence-corrected chi connectivity index (χ1v) is 12.5. The Kier molecular flexibility index (Phi) is 8.88. The minimum Gasteiger partial charge on any atom is -0.409 e. The average molecular weight is 533 g/mol. The van der Waals surface area contributed by atoms with Gasteiger partial charge in [0.05, 0.1) is 21.3 Å². The standard InChI is InChI=1S/C25H30BrN3O3S/c1-6-12-31-13-11-29(5)21-16-23-20(14-17(21)2)27-24(33-23)10-8-18-7-9-22(19(26)15-18)32-25(30)28(3)4/h7-10,14-16H,6,11-13H2,1-5H3/b10-8+. The highest BCUT2D eigenvalue weighted by Crippen LogP contribution is 2.31. The third kappa shape index (κ3) is 6.79. The van der Waals surface area contributed by atoms with Gasteiger partial charge in [-0.3, -0.25) is 0 Å². The summed E-state index contributed by atoms with van der Waals surface area (Å²) < 4.78 is 12.8. The van der Waals surface area contributed by atoms with Gasteiger partial charge in [-0.1, -0.05) is 19.1 Å². The van der Waals surface area contributed by atoms with E-state index in [0.717, 1.165) is 51.4 Å². The first-order valence-electron chi connectivity index (χ1n) is 10.8. The molecule has 176 valence electrons. The van der Waals surface area contributed by atoms with Crippen LogP contribution in [-0.4, -0.2) is 56.9 Å². The lowest BCUT2D eigenvalue weighted by Crippen LogP contribution is -2.25. The molecule has 0 bridgehead atoms. The summed E-state index contributed by atoms with van der Waals surface area (Å²) in [6.45, 7) is 6.62. The molecule has 0 aliphatic heterocycles. The molecule has 1 heterocycles. The Morgan fingerprint density at radius 1 is 1.15 bits per heavy atom. The van der Waals surface area contributed by atoms with Gasteiger partial charge in [-0.05, 0) is 70.7 Å². The van der Waals surface area contributed by atoms with E-state index in [0.29, 0.717) is 5.75 Å². The molecule has 8 heteroatoms. The summed E-state index contributed by atoms with van der Waals surface area (Å²) in [5, 5.41) is 0.940. The number of amides is 1. The van der Waals surface area contributed by atoms with Gasteiger partial charge in [-0.25, -0.2) is 9.78 Å². The van der Waals surface area contributed by atoms with Gasteiger partial charge in [-0.2, -0.15) is 0 Å². The minimum absolute atomic E-state index is 0.415. The number of carbonyl (C=O) groups excluding carboxylic acids is 1. The van der Waals surface area contributed by atoms with Crippen molar-refractivity contribution in [1.82, 2.24) is 9.88 Å². The van der Waals surface area contributed by atoms with Crippen LogP contribution in [0.5, 0.6) is 5.75 Å². The molecular formula is C25H30BrN3O3S. The van der Waals surface area contributed by atoms with Crippen LogP contribution in [0.3, 0.4) is 0 Å². The van der Waals surface area contributed by atoms with Crippen LogP contribution in [-0.2, 0) is 4.74 Å². The van der Waals surface area contributed by atoms with Crippen molar-refractivity contribution < 1.29 is 14.3 Å². The number of thiazole rings is 1. The fourth-order valence-corrected chi connectivity index (χ4v) is 4.56. The van der Waals surface area contributed by atoms with E-state index in [-0.39, 0.29) is 0 Å². The van der Waals surface area contributed by atoms with Crippen molar-refractivity contribution in [2.45, 2.75) is 20.3 Å². The number of carbonyl (C=O) groups is 1. The second-order valence-electron chi connectivity index (χ2n) is 7.98. The number of nitrogens with zero attached hydrogens (tertiary/aromatic N) is 3. The third-order valence-corrected chi connectivity index (χ3v) is 6.59. The zero-order valence-corrected chi connectivity index (χ0v) is 22.1. The number of anilines is 1. The molecule has 0 saturated heterocycles. The average Bonchev–Trinajstić information content (AvgIpc) is 3.17. The lowest BCUT2D eigenvalue weighted by atomic mass is 10.1. The van der Waals surface area contributed by atoms with Gasteiger partial charge in [0.2, 0.25) is 0 Å². The van der Waals surface area contributed by atoms with Gasteiger partial charge >= 0.3 is 6.09 Å². The molecule has 0 N–H and O–H groups in total. The number of aryl methyl sites for hydroxylation is 1. The van der Waals surface area contributed by atoms with Crippen molar-refractivity contribution in [2.75, 3.05) is 45.8 Å². The van der Waals surface area contributed by atoms with E-state index < -0.39 is 6.09 Å². The Hall–Kier alpha value is -2.42. The van der Waals surface area contributed by atoms with Crippen molar-refractivity contribution in [1.29, 1.82) is 0 Å². The molecular weight excluding hydrogens is 502 g/mol. The number of aromatic nitrogens is 1. The first-order chi connectivity index (χ1) is 15.8. The molecule has 0 unspecified atom stereocenters. The van der Waals surface area contributed by atoms with Crippen molar-refractivity contribution in [2.24, 2.45) is 0 Å². The number of benzene rings is 2. The van der Waals surface area contributed by atoms with Gasteiger partial charge in [-0.15, -0.1) is 11.3 Å².